The van der Waals surface area contributed by atoms with E-state index in [1.165, 1.54) is 0 Å². The Labute approximate surface area is 185 Å². The van der Waals surface area contributed by atoms with Gasteiger partial charge in [0.2, 0.25) is 0 Å². The van der Waals surface area contributed by atoms with Crippen LogP contribution in [-0.4, -0.2) is 32.2 Å². The number of benzene rings is 1. The Morgan fingerprint density at radius 3 is 2.56 bits per heavy atom. The number of nitrogens with one attached hydrogen (secondary N) is 1. The molecule has 2 heterocycles. The molecule has 0 spiro atoms. The van der Waals surface area contributed by atoms with Crippen LogP contribution in [0.2, 0.25) is 5.02 Å². The lowest BCUT2D eigenvalue weighted by Crippen LogP contribution is -2.30. The van der Waals surface area contributed by atoms with E-state index in [4.69, 9.17) is 17.3 Å². The molecule has 170 valence electrons. The van der Waals surface area contributed by atoms with Crippen molar-refractivity contribution in [1.82, 2.24) is 25.1 Å². The van der Waals surface area contributed by atoms with Crippen LogP contribution < -0.4 is 11.1 Å². The topological polar surface area (TPSA) is 98.7 Å². The molecule has 7 nitrogen and oxygen atoms in total. The second-order valence-electron chi connectivity index (χ2n) is 6.98. The van der Waals surface area contributed by atoms with Crippen molar-refractivity contribution >= 4 is 23.3 Å². The summed E-state index contributed by atoms with van der Waals surface area (Å²) in [6.07, 6.45) is -1.87. The Morgan fingerprint density at radius 2 is 1.97 bits per heavy atom. The van der Waals surface area contributed by atoms with Crippen LogP contribution >= 0.6 is 11.6 Å². The number of nitrogens with two attached hydrogens (primary N) is 1. The second kappa shape index (κ2) is 9.51. The van der Waals surface area contributed by atoms with Crippen LogP contribution in [-0.2, 0) is 6.18 Å². The molecule has 3 aromatic rings. The van der Waals surface area contributed by atoms with E-state index in [2.05, 4.69) is 20.4 Å². The second-order valence-corrected chi connectivity index (χ2v) is 7.42. The number of nitrogens with zero attached hydrogens (tertiary/aromatic N) is 4. The minimum Gasteiger partial charge on any atom is -0.381 e. The van der Waals surface area contributed by atoms with Crippen molar-refractivity contribution in [3.8, 4) is 5.95 Å². The standard InChI is InChI=1S/C20H19ClF4N6O/c1-2-3-12(11-4-6-13(21)7-5-11)8-27-18(32)14-10-31(30-16(14)20(23,24)25)19-28-9-15(22)17(26)29-19/h4-7,9-10,12H,2-3,8H2,1H3,(H,27,32)(H2,26,28,29). The Hall–Kier alpha value is -3.21. The highest BCUT2D eigenvalue weighted by molar-refractivity contribution is 6.30. The normalized spacial score (nSPS) is 12.6. The Morgan fingerprint density at radius 1 is 1.28 bits per heavy atom. The molecule has 0 saturated heterocycles. The van der Waals surface area contributed by atoms with Crippen molar-refractivity contribution < 1.29 is 22.4 Å². The van der Waals surface area contributed by atoms with Gasteiger partial charge in [-0.3, -0.25) is 4.79 Å². The zero-order valence-corrected chi connectivity index (χ0v) is 17.6. The first-order valence-corrected chi connectivity index (χ1v) is 9.96. The molecule has 0 bridgehead atoms. The van der Waals surface area contributed by atoms with Crippen LogP contribution in [0.15, 0.2) is 36.7 Å². The largest absolute Gasteiger partial charge is 0.435 e. The monoisotopic (exact) mass is 470 g/mol. The van der Waals surface area contributed by atoms with E-state index in [0.717, 1.165) is 18.2 Å². The minimum atomic E-state index is -4.91. The zero-order chi connectivity index (χ0) is 23.5. The van der Waals surface area contributed by atoms with Gasteiger partial charge in [0.15, 0.2) is 17.3 Å². The third kappa shape index (κ3) is 5.34. The number of alkyl halides is 3. The lowest BCUT2D eigenvalue weighted by Gasteiger charge is -2.17. The first kappa shape index (κ1) is 23.5. The van der Waals surface area contributed by atoms with Gasteiger partial charge in [-0.1, -0.05) is 37.1 Å². The van der Waals surface area contributed by atoms with Crippen LogP contribution in [0.1, 0.15) is 47.3 Å². The van der Waals surface area contributed by atoms with Crippen molar-refractivity contribution in [3.05, 3.63) is 64.3 Å². The molecule has 3 N–H and O–H groups in total. The molecular formula is C20H19ClF4N6O. The third-order valence-electron chi connectivity index (χ3n) is 4.68. The Balaban J connectivity index is 1.86. The van der Waals surface area contributed by atoms with Crippen molar-refractivity contribution in [1.29, 1.82) is 0 Å². The molecule has 0 aliphatic rings. The molecule has 3 rings (SSSR count). The predicted octanol–water partition coefficient (Wildman–Crippen LogP) is 4.37. The summed E-state index contributed by atoms with van der Waals surface area (Å²) in [6, 6.07) is 7.04. The molecule has 0 radical (unpaired) electrons. The fraction of sp³-hybridized carbons (Fsp3) is 0.300. The Kier molecular flexibility index (Phi) is 6.97. The molecule has 32 heavy (non-hydrogen) atoms. The van der Waals surface area contributed by atoms with E-state index in [1.54, 1.807) is 12.1 Å². The van der Waals surface area contributed by atoms with E-state index in [9.17, 15) is 22.4 Å². The average molecular weight is 471 g/mol. The molecule has 1 amide bonds. The number of carbonyl (C=O) groups excluding carboxylic acids is 1. The van der Waals surface area contributed by atoms with Gasteiger partial charge in [-0.05, 0) is 24.1 Å². The number of hydrogen-bond acceptors (Lipinski definition) is 5. The van der Waals surface area contributed by atoms with Gasteiger partial charge in [0.1, 0.15) is 0 Å². The molecule has 0 aliphatic heterocycles. The zero-order valence-electron chi connectivity index (χ0n) is 16.8. The highest BCUT2D eigenvalue weighted by atomic mass is 35.5. The predicted molar refractivity (Wildman–Crippen MR) is 110 cm³/mol. The summed E-state index contributed by atoms with van der Waals surface area (Å²) in [6.45, 7) is 2.07. The van der Waals surface area contributed by atoms with E-state index >= 15 is 0 Å². The SMILES string of the molecule is CCCC(CNC(=O)c1cn(-c2ncc(F)c(N)n2)nc1C(F)(F)F)c1ccc(Cl)cc1. The number of amides is 1. The van der Waals surface area contributed by atoms with Gasteiger partial charge in [0, 0.05) is 23.7 Å². The number of carbonyl (C=O) groups is 1. The number of nitrogen functional groups attached to an aromatic ring is 1. The summed E-state index contributed by atoms with van der Waals surface area (Å²) in [5.41, 5.74) is 4.12. The van der Waals surface area contributed by atoms with E-state index in [0.29, 0.717) is 22.3 Å². The van der Waals surface area contributed by atoms with Gasteiger partial charge in [0.05, 0.1) is 11.8 Å². The van der Waals surface area contributed by atoms with Crippen LogP contribution in [0.5, 0.6) is 0 Å². The molecule has 12 heteroatoms. The summed E-state index contributed by atoms with van der Waals surface area (Å²) in [4.78, 5) is 19.8. The van der Waals surface area contributed by atoms with E-state index in [1.807, 2.05) is 19.1 Å². The van der Waals surface area contributed by atoms with Crippen molar-refractivity contribution in [2.75, 3.05) is 12.3 Å². The maximum Gasteiger partial charge on any atom is 0.435 e. The highest BCUT2D eigenvalue weighted by Gasteiger charge is 2.39. The summed E-state index contributed by atoms with van der Waals surface area (Å²) in [7, 11) is 0. The quantitative estimate of drug-likeness (QED) is 0.500. The minimum absolute atomic E-state index is 0.108. The van der Waals surface area contributed by atoms with Gasteiger partial charge >= 0.3 is 6.18 Å². The first-order valence-electron chi connectivity index (χ1n) is 9.59. The average Bonchev–Trinajstić information content (AvgIpc) is 3.20. The van der Waals surface area contributed by atoms with Gasteiger partial charge < -0.3 is 11.1 Å². The van der Waals surface area contributed by atoms with E-state index < -0.39 is 40.9 Å². The molecule has 0 aliphatic carbocycles. The molecule has 1 unspecified atom stereocenters. The lowest BCUT2D eigenvalue weighted by molar-refractivity contribution is -0.141. The summed E-state index contributed by atoms with van der Waals surface area (Å²) in [5.74, 6) is -2.98. The molecule has 2 aromatic heterocycles. The molecular weight excluding hydrogens is 452 g/mol. The van der Waals surface area contributed by atoms with Crippen LogP contribution in [0.25, 0.3) is 5.95 Å². The third-order valence-corrected chi connectivity index (χ3v) is 4.93. The molecule has 0 saturated carbocycles. The summed E-state index contributed by atoms with van der Waals surface area (Å²) in [5, 5.41) is 6.49. The van der Waals surface area contributed by atoms with Crippen LogP contribution in [0.4, 0.5) is 23.4 Å². The summed E-state index contributed by atoms with van der Waals surface area (Å²) < 4.78 is 54.5. The van der Waals surface area contributed by atoms with Crippen molar-refractivity contribution in [3.63, 3.8) is 0 Å². The van der Waals surface area contributed by atoms with Gasteiger partial charge in [-0.15, -0.1) is 0 Å². The smallest absolute Gasteiger partial charge is 0.381 e. The fourth-order valence-electron chi connectivity index (χ4n) is 3.11. The number of aromatic nitrogens is 4. The van der Waals surface area contributed by atoms with Crippen LogP contribution in [0.3, 0.4) is 0 Å². The molecule has 1 aromatic carbocycles. The van der Waals surface area contributed by atoms with Gasteiger partial charge in [-0.25, -0.2) is 14.1 Å². The molecule has 1 atom stereocenters. The Bertz CT molecular complexity index is 1100. The number of hydrogen-bond donors (Lipinski definition) is 2. The maximum absolute atomic E-state index is 13.5. The van der Waals surface area contributed by atoms with Crippen molar-refractivity contribution in [2.24, 2.45) is 0 Å². The van der Waals surface area contributed by atoms with Crippen molar-refractivity contribution in [2.45, 2.75) is 31.9 Å². The van der Waals surface area contributed by atoms with Crippen LogP contribution in [0, 0.1) is 5.82 Å². The highest BCUT2D eigenvalue weighted by Crippen LogP contribution is 2.31. The van der Waals surface area contributed by atoms with E-state index in [-0.39, 0.29) is 12.5 Å². The number of halogens is 5. The lowest BCUT2D eigenvalue weighted by atomic mass is 9.94. The van der Waals surface area contributed by atoms with Gasteiger partial charge in [0.25, 0.3) is 11.9 Å². The molecule has 0 fully saturated rings. The number of anilines is 1. The summed E-state index contributed by atoms with van der Waals surface area (Å²) >= 11 is 5.91. The first-order chi connectivity index (χ1) is 15.1. The fourth-order valence-corrected chi connectivity index (χ4v) is 3.24. The number of rotatable bonds is 7. The van der Waals surface area contributed by atoms with Gasteiger partial charge in [-0.2, -0.15) is 23.3 Å². The maximum atomic E-state index is 13.5.